The van der Waals surface area contributed by atoms with Gasteiger partial charge in [0.15, 0.2) is 0 Å². The predicted octanol–water partition coefficient (Wildman–Crippen LogP) is 5.90. The minimum absolute atomic E-state index is 0.103. The summed E-state index contributed by atoms with van der Waals surface area (Å²) in [5, 5.41) is 9.23. The molecule has 36 heavy (non-hydrogen) atoms. The smallest absolute Gasteiger partial charge is 0.226 e. The van der Waals surface area contributed by atoms with Gasteiger partial charge in [0.25, 0.3) is 0 Å². The number of rotatable bonds is 7. The van der Waals surface area contributed by atoms with Crippen LogP contribution in [0.4, 0.5) is 5.69 Å². The maximum Gasteiger partial charge on any atom is 0.226 e. The third-order valence-corrected chi connectivity index (χ3v) is 7.15. The SMILES string of the molecule is COc1cccnc1-c1ccc(N[C@H]2CCCn3nc(-c4c(OC)ncnc4C4CC4)cc32)cc1Cl. The highest BCUT2D eigenvalue weighted by Crippen LogP contribution is 2.46. The summed E-state index contributed by atoms with van der Waals surface area (Å²) >= 11 is 6.70. The van der Waals surface area contributed by atoms with E-state index in [1.54, 1.807) is 26.7 Å². The van der Waals surface area contributed by atoms with Gasteiger partial charge in [-0.05, 0) is 62.1 Å². The molecule has 1 aliphatic carbocycles. The largest absolute Gasteiger partial charge is 0.494 e. The number of aromatic nitrogens is 5. The van der Waals surface area contributed by atoms with Gasteiger partial charge < -0.3 is 14.8 Å². The van der Waals surface area contributed by atoms with Gasteiger partial charge in [-0.2, -0.15) is 5.10 Å². The number of hydrogen-bond donors (Lipinski definition) is 1. The van der Waals surface area contributed by atoms with Gasteiger partial charge in [0, 0.05) is 29.9 Å². The number of aryl methyl sites for hydroxylation is 1. The van der Waals surface area contributed by atoms with E-state index in [1.807, 2.05) is 30.3 Å². The summed E-state index contributed by atoms with van der Waals surface area (Å²) in [4.78, 5) is 13.4. The van der Waals surface area contributed by atoms with E-state index in [9.17, 15) is 0 Å². The number of fused-ring (bicyclic) bond motifs is 1. The highest BCUT2D eigenvalue weighted by molar-refractivity contribution is 6.33. The van der Waals surface area contributed by atoms with Crippen LogP contribution in [0, 0.1) is 0 Å². The van der Waals surface area contributed by atoms with Crippen molar-refractivity contribution >= 4 is 17.3 Å². The van der Waals surface area contributed by atoms with Crippen LogP contribution >= 0.6 is 11.6 Å². The van der Waals surface area contributed by atoms with Crippen LogP contribution in [-0.2, 0) is 6.54 Å². The maximum atomic E-state index is 6.70. The molecule has 6 rings (SSSR count). The topological polar surface area (TPSA) is 87.0 Å². The second kappa shape index (κ2) is 9.43. The number of methoxy groups -OCH3 is 2. The quantitative estimate of drug-likeness (QED) is 0.336. The first kappa shape index (κ1) is 22.8. The molecule has 1 aromatic carbocycles. The molecule has 8 nitrogen and oxygen atoms in total. The van der Waals surface area contributed by atoms with Gasteiger partial charge in [0.2, 0.25) is 5.88 Å². The number of pyridine rings is 1. The lowest BCUT2D eigenvalue weighted by atomic mass is 10.0. The molecular weight excluding hydrogens is 476 g/mol. The molecule has 9 heteroatoms. The van der Waals surface area contributed by atoms with Gasteiger partial charge in [-0.1, -0.05) is 11.6 Å². The first-order chi connectivity index (χ1) is 17.7. The van der Waals surface area contributed by atoms with Crippen molar-refractivity contribution in [1.29, 1.82) is 0 Å². The number of anilines is 1. The Morgan fingerprint density at radius 1 is 1.03 bits per heavy atom. The lowest BCUT2D eigenvalue weighted by Crippen LogP contribution is -2.21. The van der Waals surface area contributed by atoms with Crippen molar-refractivity contribution in [2.75, 3.05) is 19.5 Å². The zero-order valence-electron chi connectivity index (χ0n) is 20.2. The number of nitrogens with zero attached hydrogens (tertiary/aromatic N) is 5. The summed E-state index contributed by atoms with van der Waals surface area (Å²) in [7, 11) is 3.28. The summed E-state index contributed by atoms with van der Waals surface area (Å²) in [6.07, 6.45) is 7.64. The highest BCUT2D eigenvalue weighted by Gasteiger charge is 2.32. The molecule has 0 amide bonds. The molecule has 1 N–H and O–H groups in total. The monoisotopic (exact) mass is 502 g/mol. The van der Waals surface area contributed by atoms with Crippen LogP contribution in [0.15, 0.2) is 48.9 Å². The molecule has 0 spiro atoms. The van der Waals surface area contributed by atoms with Gasteiger partial charge in [0.1, 0.15) is 17.8 Å². The van der Waals surface area contributed by atoms with E-state index in [4.69, 9.17) is 26.2 Å². The van der Waals surface area contributed by atoms with Gasteiger partial charge in [-0.15, -0.1) is 0 Å². The zero-order chi connectivity index (χ0) is 24.6. The van der Waals surface area contributed by atoms with Crippen LogP contribution in [0.25, 0.3) is 22.5 Å². The Bertz CT molecular complexity index is 1420. The molecule has 184 valence electrons. The Hall–Kier alpha value is -3.65. The molecule has 0 bridgehead atoms. The number of ether oxygens (including phenoxy) is 2. The third-order valence-electron chi connectivity index (χ3n) is 6.84. The molecule has 1 fully saturated rings. The summed E-state index contributed by atoms with van der Waals surface area (Å²) in [5.41, 5.74) is 6.46. The summed E-state index contributed by atoms with van der Waals surface area (Å²) in [5.74, 6) is 1.73. The predicted molar refractivity (Wildman–Crippen MR) is 139 cm³/mol. The van der Waals surface area contributed by atoms with E-state index in [-0.39, 0.29) is 6.04 Å². The molecule has 3 aromatic heterocycles. The maximum absolute atomic E-state index is 6.70. The molecular formula is C27H27ClN6O2. The fraction of sp³-hybridized carbons (Fsp3) is 0.333. The molecule has 1 saturated carbocycles. The Labute approximate surface area is 214 Å². The van der Waals surface area contributed by atoms with Crippen molar-refractivity contribution in [2.45, 2.75) is 44.2 Å². The first-order valence-corrected chi connectivity index (χ1v) is 12.6. The molecule has 2 aliphatic rings. The minimum Gasteiger partial charge on any atom is -0.494 e. The van der Waals surface area contributed by atoms with Gasteiger partial charge >= 0.3 is 0 Å². The van der Waals surface area contributed by atoms with Crippen molar-refractivity contribution in [3.63, 3.8) is 0 Å². The van der Waals surface area contributed by atoms with E-state index >= 15 is 0 Å². The molecule has 4 heterocycles. The Kier molecular flexibility index (Phi) is 5.97. The normalized spacial score (nSPS) is 16.9. The van der Waals surface area contributed by atoms with Crippen molar-refractivity contribution in [2.24, 2.45) is 0 Å². The average molecular weight is 503 g/mol. The lowest BCUT2D eigenvalue weighted by Gasteiger charge is -2.25. The van der Waals surface area contributed by atoms with Gasteiger partial charge in [0.05, 0.1) is 47.9 Å². The second-order valence-corrected chi connectivity index (χ2v) is 9.59. The van der Waals surface area contributed by atoms with E-state index < -0.39 is 0 Å². The van der Waals surface area contributed by atoms with Crippen LogP contribution in [-0.4, -0.2) is 39.0 Å². The standard InChI is InChI=1S/C27H27ClN6O2/c1-35-23-6-3-11-29-26(23)18-10-9-17(13-19(18)28)32-20-5-4-12-34-22(20)14-21(33-34)24-25(16-7-8-16)30-15-31-27(24)36-2/h3,6,9-11,13-16,20,32H,4-5,7-8,12H2,1-2H3/t20-/m0/s1. The lowest BCUT2D eigenvalue weighted by molar-refractivity contribution is 0.397. The number of nitrogens with one attached hydrogen (secondary N) is 1. The van der Waals surface area contributed by atoms with Crippen LogP contribution in [0.5, 0.6) is 11.6 Å². The molecule has 0 unspecified atom stereocenters. The summed E-state index contributed by atoms with van der Waals surface area (Å²) in [6, 6.07) is 11.9. The first-order valence-electron chi connectivity index (χ1n) is 12.2. The fourth-order valence-electron chi connectivity index (χ4n) is 4.95. The summed E-state index contributed by atoms with van der Waals surface area (Å²) in [6.45, 7) is 0.876. The third kappa shape index (κ3) is 4.15. The minimum atomic E-state index is 0.103. The van der Waals surface area contributed by atoms with Crippen LogP contribution in [0.2, 0.25) is 5.02 Å². The van der Waals surface area contributed by atoms with Crippen molar-refractivity contribution < 1.29 is 9.47 Å². The molecule has 0 saturated heterocycles. The Morgan fingerprint density at radius 3 is 2.69 bits per heavy atom. The number of halogens is 1. The molecule has 1 atom stereocenters. The zero-order valence-corrected chi connectivity index (χ0v) is 21.0. The van der Waals surface area contributed by atoms with Crippen molar-refractivity contribution in [3.05, 3.63) is 65.3 Å². The molecule has 0 radical (unpaired) electrons. The summed E-state index contributed by atoms with van der Waals surface area (Å²) < 4.78 is 13.2. The number of benzene rings is 1. The average Bonchev–Trinajstić information content (AvgIpc) is 3.66. The van der Waals surface area contributed by atoms with Crippen molar-refractivity contribution in [3.8, 4) is 34.1 Å². The van der Waals surface area contributed by atoms with Crippen LogP contribution in [0.3, 0.4) is 0 Å². The van der Waals surface area contributed by atoms with E-state index in [0.717, 1.165) is 71.8 Å². The van der Waals surface area contributed by atoms with E-state index in [2.05, 4.69) is 31.0 Å². The van der Waals surface area contributed by atoms with Gasteiger partial charge in [-0.3, -0.25) is 9.67 Å². The van der Waals surface area contributed by atoms with Crippen LogP contribution in [0.1, 0.15) is 49.0 Å². The van der Waals surface area contributed by atoms with Crippen molar-refractivity contribution in [1.82, 2.24) is 24.7 Å². The molecule has 1 aliphatic heterocycles. The van der Waals surface area contributed by atoms with E-state index in [0.29, 0.717) is 22.6 Å². The van der Waals surface area contributed by atoms with Crippen LogP contribution < -0.4 is 14.8 Å². The Balaban J connectivity index is 1.30. The Morgan fingerprint density at radius 2 is 1.92 bits per heavy atom. The van der Waals surface area contributed by atoms with E-state index in [1.165, 1.54) is 0 Å². The molecule has 4 aromatic rings. The van der Waals surface area contributed by atoms with Gasteiger partial charge in [-0.25, -0.2) is 9.97 Å². The highest BCUT2D eigenvalue weighted by atomic mass is 35.5. The number of hydrogen-bond acceptors (Lipinski definition) is 7. The fourth-order valence-corrected chi connectivity index (χ4v) is 5.22. The second-order valence-electron chi connectivity index (χ2n) is 9.18.